The van der Waals surface area contributed by atoms with Crippen LogP contribution in [0.1, 0.15) is 34.6 Å². The minimum absolute atomic E-state index is 0.0916. The highest BCUT2D eigenvalue weighted by molar-refractivity contribution is 9.10. The van der Waals surface area contributed by atoms with E-state index in [1.807, 2.05) is 44.2 Å². The molecule has 0 aliphatic carbocycles. The lowest BCUT2D eigenvalue weighted by molar-refractivity contribution is 0.0957. The van der Waals surface area contributed by atoms with Gasteiger partial charge in [0.05, 0.1) is 11.9 Å². The van der Waals surface area contributed by atoms with Crippen LogP contribution in [0.5, 0.6) is 0 Å². The third-order valence-corrected chi connectivity index (χ3v) is 6.75. The van der Waals surface area contributed by atoms with E-state index in [1.54, 1.807) is 0 Å². The van der Waals surface area contributed by atoms with Crippen molar-refractivity contribution in [1.82, 2.24) is 19.7 Å². The first-order valence-corrected chi connectivity index (χ1v) is 11.4. The number of halogens is 1. The number of ketones is 1. The zero-order chi connectivity index (χ0) is 20.4. The summed E-state index contributed by atoms with van der Waals surface area (Å²) in [6, 6.07) is 9.81. The second kappa shape index (κ2) is 8.85. The highest BCUT2D eigenvalue weighted by atomic mass is 79.9. The number of Topliss-reactive ketones (excluding diaryl/α,β-unsaturated/α-hetero) is 1. The van der Waals surface area contributed by atoms with Crippen molar-refractivity contribution in [2.45, 2.75) is 44.5 Å². The Labute approximate surface area is 182 Å². The van der Waals surface area contributed by atoms with E-state index in [-0.39, 0.29) is 11.9 Å². The molecule has 6 nitrogen and oxygen atoms in total. The summed E-state index contributed by atoms with van der Waals surface area (Å²) in [7, 11) is 0. The van der Waals surface area contributed by atoms with E-state index in [2.05, 4.69) is 35.7 Å². The summed E-state index contributed by atoms with van der Waals surface area (Å²) in [5.74, 6) is 1.08. The van der Waals surface area contributed by atoms with Gasteiger partial charge in [0.2, 0.25) is 5.16 Å². The van der Waals surface area contributed by atoms with Crippen LogP contribution in [0, 0.1) is 13.8 Å². The summed E-state index contributed by atoms with van der Waals surface area (Å²) in [6.07, 6.45) is 2.45. The molecule has 0 spiro atoms. The van der Waals surface area contributed by atoms with Crippen molar-refractivity contribution in [2.75, 3.05) is 12.4 Å². The highest BCUT2D eigenvalue weighted by Gasteiger charge is 2.21. The van der Waals surface area contributed by atoms with Gasteiger partial charge in [0, 0.05) is 40.1 Å². The maximum Gasteiger partial charge on any atom is 0.209 e. The Morgan fingerprint density at radius 1 is 1.38 bits per heavy atom. The predicted octanol–water partition coefficient (Wildman–Crippen LogP) is 4.81. The summed E-state index contributed by atoms with van der Waals surface area (Å²) in [6.45, 7) is 5.71. The van der Waals surface area contributed by atoms with E-state index < -0.39 is 0 Å². The zero-order valence-electron chi connectivity index (χ0n) is 16.4. The van der Waals surface area contributed by atoms with Crippen LogP contribution in [-0.4, -0.2) is 44.0 Å². The van der Waals surface area contributed by atoms with Crippen molar-refractivity contribution < 1.29 is 9.53 Å². The molecule has 1 aliphatic rings. The number of aromatic amines is 1. The standard InChI is InChI=1S/C21H23BrN4O2S/c1-13-10-17(14(2)26(13)11-15-6-5-9-28-15)19(27)12-29-21-23-20(24-25-21)16-7-3-4-8-18(16)22/h3-4,7-8,10,15H,5-6,9,11-12H2,1-2H3,(H,23,24,25). The van der Waals surface area contributed by atoms with Gasteiger partial charge >= 0.3 is 0 Å². The van der Waals surface area contributed by atoms with Crippen LogP contribution in [-0.2, 0) is 11.3 Å². The molecule has 1 aliphatic heterocycles. The van der Waals surface area contributed by atoms with Crippen molar-refractivity contribution in [3.8, 4) is 11.4 Å². The van der Waals surface area contributed by atoms with Gasteiger partial charge in [-0.2, -0.15) is 0 Å². The number of carbonyl (C=O) groups is 1. The Morgan fingerprint density at radius 2 is 2.21 bits per heavy atom. The van der Waals surface area contributed by atoms with Gasteiger partial charge < -0.3 is 9.30 Å². The molecule has 1 aromatic carbocycles. The van der Waals surface area contributed by atoms with Crippen molar-refractivity contribution >= 4 is 33.5 Å². The molecule has 4 rings (SSSR count). The largest absolute Gasteiger partial charge is 0.376 e. The van der Waals surface area contributed by atoms with Crippen LogP contribution in [0.4, 0.5) is 0 Å². The number of nitrogens with zero attached hydrogens (tertiary/aromatic N) is 3. The van der Waals surface area contributed by atoms with Crippen LogP contribution in [0.25, 0.3) is 11.4 Å². The smallest absolute Gasteiger partial charge is 0.209 e. The Balaban J connectivity index is 1.42. The number of aromatic nitrogens is 4. The molecule has 0 amide bonds. The van der Waals surface area contributed by atoms with Crippen LogP contribution in [0.15, 0.2) is 40.0 Å². The quantitative estimate of drug-likeness (QED) is 0.392. The summed E-state index contributed by atoms with van der Waals surface area (Å²) in [5, 5.41) is 7.76. The number of carbonyl (C=O) groups excluding carboxylic acids is 1. The van der Waals surface area contributed by atoms with Crippen LogP contribution in [0.3, 0.4) is 0 Å². The number of benzene rings is 1. The molecule has 3 heterocycles. The first-order valence-electron chi connectivity index (χ1n) is 9.64. The molecular weight excluding hydrogens is 452 g/mol. The third-order valence-electron chi connectivity index (χ3n) is 5.21. The maximum absolute atomic E-state index is 12.8. The topological polar surface area (TPSA) is 72.8 Å². The SMILES string of the molecule is Cc1cc(C(=O)CSc2n[nH]c(-c3ccccc3Br)n2)c(C)n1CC1CCCO1. The molecule has 0 radical (unpaired) electrons. The minimum atomic E-state index is 0.0916. The fourth-order valence-electron chi connectivity index (χ4n) is 3.65. The lowest BCUT2D eigenvalue weighted by Crippen LogP contribution is -2.17. The molecular formula is C21H23BrN4O2S. The van der Waals surface area contributed by atoms with Crippen LogP contribution >= 0.6 is 27.7 Å². The first kappa shape index (κ1) is 20.4. The fourth-order valence-corrected chi connectivity index (χ4v) is 4.80. The Morgan fingerprint density at radius 3 is 2.97 bits per heavy atom. The minimum Gasteiger partial charge on any atom is -0.376 e. The van der Waals surface area contributed by atoms with Crippen molar-refractivity contribution in [1.29, 1.82) is 0 Å². The summed E-state index contributed by atoms with van der Waals surface area (Å²) >= 11 is 4.87. The fraction of sp³-hybridized carbons (Fsp3) is 0.381. The van der Waals surface area contributed by atoms with Gasteiger partial charge in [0.15, 0.2) is 11.6 Å². The van der Waals surface area contributed by atoms with Crippen molar-refractivity contribution in [3.63, 3.8) is 0 Å². The maximum atomic E-state index is 12.8. The second-order valence-corrected chi connectivity index (χ2v) is 8.99. The average Bonchev–Trinajstić information content (AvgIpc) is 3.44. The van der Waals surface area contributed by atoms with E-state index in [4.69, 9.17) is 4.74 Å². The van der Waals surface area contributed by atoms with Gasteiger partial charge in [-0.05, 0) is 38.8 Å². The molecule has 152 valence electrons. The number of ether oxygens (including phenoxy) is 1. The number of hydrogen-bond acceptors (Lipinski definition) is 5. The van der Waals surface area contributed by atoms with E-state index >= 15 is 0 Å². The molecule has 29 heavy (non-hydrogen) atoms. The molecule has 0 saturated carbocycles. The predicted molar refractivity (Wildman–Crippen MR) is 117 cm³/mol. The van der Waals surface area contributed by atoms with E-state index in [0.717, 1.165) is 53.0 Å². The van der Waals surface area contributed by atoms with Crippen molar-refractivity contribution in [3.05, 3.63) is 51.8 Å². The monoisotopic (exact) mass is 474 g/mol. The molecule has 1 fully saturated rings. The van der Waals surface area contributed by atoms with Gasteiger partial charge in [-0.15, -0.1) is 5.10 Å². The van der Waals surface area contributed by atoms with Crippen molar-refractivity contribution in [2.24, 2.45) is 0 Å². The number of thioether (sulfide) groups is 1. The average molecular weight is 475 g/mol. The molecule has 1 unspecified atom stereocenters. The summed E-state index contributed by atoms with van der Waals surface area (Å²) in [4.78, 5) is 17.3. The Bertz CT molecular complexity index is 1020. The van der Waals surface area contributed by atoms with Gasteiger partial charge in [0.1, 0.15) is 0 Å². The van der Waals surface area contributed by atoms with Crippen LogP contribution < -0.4 is 0 Å². The van der Waals surface area contributed by atoms with Crippen LogP contribution in [0.2, 0.25) is 0 Å². The normalized spacial score (nSPS) is 16.4. The third kappa shape index (κ3) is 4.49. The molecule has 1 saturated heterocycles. The Kier molecular flexibility index (Phi) is 6.22. The molecule has 0 bridgehead atoms. The van der Waals surface area contributed by atoms with Gasteiger partial charge in [-0.1, -0.05) is 45.9 Å². The molecule has 1 atom stereocenters. The second-order valence-electron chi connectivity index (χ2n) is 7.19. The number of H-pyrrole nitrogens is 1. The van der Waals surface area contributed by atoms with Gasteiger partial charge in [0.25, 0.3) is 0 Å². The van der Waals surface area contributed by atoms with E-state index in [1.165, 1.54) is 11.8 Å². The molecule has 1 N–H and O–H groups in total. The lowest BCUT2D eigenvalue weighted by atomic mass is 10.2. The first-order chi connectivity index (χ1) is 14.0. The van der Waals surface area contributed by atoms with E-state index in [0.29, 0.717) is 16.7 Å². The lowest BCUT2D eigenvalue weighted by Gasteiger charge is -2.14. The number of rotatable bonds is 7. The summed E-state index contributed by atoms with van der Waals surface area (Å²) < 4.78 is 8.90. The van der Waals surface area contributed by atoms with Gasteiger partial charge in [-0.25, -0.2) is 4.98 Å². The Hall–Kier alpha value is -1.90. The zero-order valence-corrected chi connectivity index (χ0v) is 18.8. The molecule has 2 aromatic heterocycles. The number of nitrogens with one attached hydrogen (secondary N) is 1. The van der Waals surface area contributed by atoms with E-state index in [9.17, 15) is 4.79 Å². The number of hydrogen-bond donors (Lipinski definition) is 1. The number of aryl methyl sites for hydroxylation is 1. The van der Waals surface area contributed by atoms with Gasteiger partial charge in [-0.3, -0.25) is 9.89 Å². The summed E-state index contributed by atoms with van der Waals surface area (Å²) in [5.41, 5.74) is 3.82. The molecule has 8 heteroatoms. The molecule has 3 aromatic rings. The highest BCUT2D eigenvalue weighted by Crippen LogP contribution is 2.27.